The van der Waals surface area contributed by atoms with Crippen molar-refractivity contribution in [2.75, 3.05) is 30.4 Å². The number of hydrogen-bond donors (Lipinski definition) is 2. The number of sulfone groups is 1. The molecule has 1 aromatic heterocycles. The molecular formula is C15H21N5O5S2. The zero-order valence-corrected chi connectivity index (χ0v) is 16.7. The van der Waals surface area contributed by atoms with Gasteiger partial charge in [0.1, 0.15) is 5.82 Å². The minimum absolute atomic E-state index is 0.0868. The SMILES string of the molecule is CCOC(=O)C1=C(CSc2nnc(C3CCS(=O)(=O)C3)n2C)NC(=O)NC1. The van der Waals surface area contributed by atoms with Crippen molar-refractivity contribution in [3.05, 3.63) is 17.1 Å². The normalized spacial score (nSPS) is 21.7. The Kier molecular flexibility index (Phi) is 5.75. The van der Waals surface area contributed by atoms with Crippen molar-refractivity contribution in [3.8, 4) is 0 Å². The van der Waals surface area contributed by atoms with Gasteiger partial charge >= 0.3 is 12.0 Å². The largest absolute Gasteiger partial charge is 0.463 e. The summed E-state index contributed by atoms with van der Waals surface area (Å²) in [5, 5.41) is 14.0. The molecule has 148 valence electrons. The van der Waals surface area contributed by atoms with Crippen LogP contribution in [0.4, 0.5) is 4.79 Å². The Morgan fingerprint density at radius 1 is 1.41 bits per heavy atom. The molecule has 12 heteroatoms. The molecule has 0 aliphatic carbocycles. The highest BCUT2D eigenvalue weighted by atomic mass is 32.2. The lowest BCUT2D eigenvalue weighted by Crippen LogP contribution is -2.44. The maximum absolute atomic E-state index is 12.1. The van der Waals surface area contributed by atoms with Crippen LogP contribution >= 0.6 is 11.8 Å². The van der Waals surface area contributed by atoms with Crippen LogP contribution in [0.25, 0.3) is 0 Å². The first-order chi connectivity index (χ1) is 12.8. The van der Waals surface area contributed by atoms with Crippen LogP contribution in [0.1, 0.15) is 25.1 Å². The fourth-order valence-corrected chi connectivity index (χ4v) is 5.66. The summed E-state index contributed by atoms with van der Waals surface area (Å²) in [4.78, 5) is 23.7. The minimum Gasteiger partial charge on any atom is -0.463 e. The third-order valence-electron chi connectivity index (χ3n) is 4.39. The van der Waals surface area contributed by atoms with Gasteiger partial charge in [-0.2, -0.15) is 0 Å². The van der Waals surface area contributed by atoms with E-state index in [0.717, 1.165) is 0 Å². The van der Waals surface area contributed by atoms with Crippen LogP contribution in [0.15, 0.2) is 16.4 Å². The number of carbonyl (C=O) groups is 2. The standard InChI is InChI=1S/C15H21N5O5S2/c1-3-25-13(21)10-6-16-14(22)17-11(10)7-26-15-19-18-12(20(15)2)9-4-5-27(23,24)8-9/h9H,3-8H2,1-2H3,(H2,16,17,22). The van der Waals surface area contributed by atoms with Crippen LogP contribution in [0, 0.1) is 0 Å². The van der Waals surface area contributed by atoms with Crippen LogP contribution in [0.2, 0.25) is 0 Å². The van der Waals surface area contributed by atoms with Crippen LogP contribution in [-0.2, 0) is 26.4 Å². The number of thioether (sulfide) groups is 1. The van der Waals surface area contributed by atoms with E-state index >= 15 is 0 Å². The van der Waals surface area contributed by atoms with Gasteiger partial charge in [0, 0.05) is 24.4 Å². The molecule has 0 spiro atoms. The maximum Gasteiger partial charge on any atom is 0.337 e. The van der Waals surface area contributed by atoms with Crippen molar-refractivity contribution in [2.24, 2.45) is 7.05 Å². The van der Waals surface area contributed by atoms with Gasteiger partial charge in [-0.3, -0.25) is 0 Å². The molecule has 0 radical (unpaired) electrons. The van der Waals surface area contributed by atoms with Crippen LogP contribution in [0.3, 0.4) is 0 Å². The molecule has 0 aromatic carbocycles. The molecule has 1 atom stereocenters. The van der Waals surface area contributed by atoms with Gasteiger partial charge in [0.25, 0.3) is 0 Å². The van der Waals surface area contributed by atoms with E-state index in [-0.39, 0.29) is 36.6 Å². The van der Waals surface area contributed by atoms with Gasteiger partial charge in [-0.1, -0.05) is 11.8 Å². The summed E-state index contributed by atoms with van der Waals surface area (Å²) in [6.45, 7) is 2.06. The number of urea groups is 1. The monoisotopic (exact) mass is 415 g/mol. The Hall–Kier alpha value is -2.08. The second-order valence-electron chi connectivity index (χ2n) is 6.27. The van der Waals surface area contributed by atoms with Crippen LogP contribution in [-0.4, -0.2) is 65.6 Å². The Balaban J connectivity index is 1.74. The lowest BCUT2D eigenvalue weighted by atomic mass is 10.1. The predicted octanol–water partition coefficient (Wildman–Crippen LogP) is -0.0607. The molecule has 0 saturated carbocycles. The first kappa shape index (κ1) is 19.7. The predicted molar refractivity (Wildman–Crippen MR) is 97.9 cm³/mol. The summed E-state index contributed by atoms with van der Waals surface area (Å²) in [5.74, 6) is 0.555. The van der Waals surface area contributed by atoms with Crippen molar-refractivity contribution < 1.29 is 22.7 Å². The van der Waals surface area contributed by atoms with Crippen LogP contribution in [0.5, 0.6) is 0 Å². The van der Waals surface area contributed by atoms with Crippen molar-refractivity contribution in [2.45, 2.75) is 24.4 Å². The topological polar surface area (TPSA) is 132 Å². The van der Waals surface area contributed by atoms with Crippen molar-refractivity contribution >= 4 is 33.6 Å². The zero-order valence-electron chi connectivity index (χ0n) is 15.0. The summed E-state index contributed by atoms with van der Waals surface area (Å²) in [7, 11) is -1.23. The van der Waals surface area contributed by atoms with Gasteiger partial charge in [0.05, 0.1) is 30.2 Å². The summed E-state index contributed by atoms with van der Waals surface area (Å²) in [5.41, 5.74) is 0.837. The third kappa shape index (κ3) is 4.43. The zero-order chi connectivity index (χ0) is 19.6. The summed E-state index contributed by atoms with van der Waals surface area (Å²) >= 11 is 1.31. The van der Waals surface area contributed by atoms with Gasteiger partial charge in [-0.15, -0.1) is 10.2 Å². The average molecular weight is 415 g/mol. The highest BCUT2D eigenvalue weighted by molar-refractivity contribution is 7.99. The van der Waals surface area contributed by atoms with Crippen molar-refractivity contribution in [1.82, 2.24) is 25.4 Å². The highest BCUT2D eigenvalue weighted by Crippen LogP contribution is 2.30. The van der Waals surface area contributed by atoms with E-state index in [0.29, 0.717) is 34.4 Å². The molecule has 2 amide bonds. The molecule has 1 aromatic rings. The average Bonchev–Trinajstić information content (AvgIpc) is 3.15. The number of nitrogens with zero attached hydrogens (tertiary/aromatic N) is 3. The van der Waals surface area contributed by atoms with Gasteiger partial charge in [0.2, 0.25) is 0 Å². The Bertz CT molecular complexity index is 892. The highest BCUT2D eigenvalue weighted by Gasteiger charge is 2.32. The van der Waals surface area contributed by atoms with E-state index < -0.39 is 15.8 Å². The van der Waals surface area contributed by atoms with E-state index in [4.69, 9.17) is 4.74 Å². The van der Waals surface area contributed by atoms with E-state index in [2.05, 4.69) is 20.8 Å². The fourth-order valence-electron chi connectivity index (χ4n) is 3.01. The third-order valence-corrected chi connectivity index (χ3v) is 7.20. The van der Waals surface area contributed by atoms with E-state index in [1.807, 2.05) is 0 Å². The first-order valence-corrected chi connectivity index (χ1v) is 11.3. The number of hydrogen-bond acceptors (Lipinski definition) is 8. The molecule has 2 aliphatic rings. The van der Waals surface area contributed by atoms with Gasteiger partial charge < -0.3 is 19.9 Å². The second-order valence-corrected chi connectivity index (χ2v) is 9.44. The quantitative estimate of drug-likeness (QED) is 0.488. The van der Waals surface area contributed by atoms with E-state index in [9.17, 15) is 18.0 Å². The first-order valence-electron chi connectivity index (χ1n) is 8.47. The number of ether oxygens (including phenoxy) is 1. The van der Waals surface area contributed by atoms with Gasteiger partial charge in [-0.25, -0.2) is 18.0 Å². The lowest BCUT2D eigenvalue weighted by molar-refractivity contribution is -0.138. The molecule has 3 rings (SSSR count). The minimum atomic E-state index is -3.01. The van der Waals surface area contributed by atoms with Gasteiger partial charge in [-0.05, 0) is 13.3 Å². The molecule has 1 fully saturated rings. The molecule has 2 N–H and O–H groups in total. The number of esters is 1. The van der Waals surface area contributed by atoms with E-state index in [1.54, 1.807) is 18.5 Å². The van der Waals surface area contributed by atoms with Crippen molar-refractivity contribution in [1.29, 1.82) is 0 Å². The number of nitrogens with one attached hydrogen (secondary N) is 2. The van der Waals surface area contributed by atoms with Crippen molar-refractivity contribution in [3.63, 3.8) is 0 Å². The maximum atomic E-state index is 12.1. The summed E-state index contributed by atoms with van der Waals surface area (Å²) < 4.78 is 30.2. The molecule has 1 saturated heterocycles. The number of aromatic nitrogens is 3. The molecule has 10 nitrogen and oxygen atoms in total. The molecule has 27 heavy (non-hydrogen) atoms. The molecule has 3 heterocycles. The molecule has 1 unspecified atom stereocenters. The van der Waals surface area contributed by atoms with Crippen LogP contribution < -0.4 is 10.6 Å². The Labute approximate surface area is 161 Å². The smallest absolute Gasteiger partial charge is 0.337 e. The number of carbonyl (C=O) groups excluding carboxylic acids is 2. The fraction of sp³-hybridized carbons (Fsp3) is 0.600. The lowest BCUT2D eigenvalue weighted by Gasteiger charge is -2.21. The number of rotatable bonds is 6. The second kappa shape index (κ2) is 7.89. The van der Waals surface area contributed by atoms with Gasteiger partial charge in [0.15, 0.2) is 15.0 Å². The summed E-state index contributed by atoms with van der Waals surface area (Å²) in [6.07, 6.45) is 0.541. The Morgan fingerprint density at radius 2 is 2.19 bits per heavy atom. The van der Waals surface area contributed by atoms with E-state index in [1.165, 1.54) is 11.8 Å². The number of amides is 2. The Morgan fingerprint density at radius 3 is 2.85 bits per heavy atom. The molecule has 0 bridgehead atoms. The summed E-state index contributed by atoms with van der Waals surface area (Å²) in [6, 6.07) is -0.381. The molecular weight excluding hydrogens is 394 g/mol. The molecule has 2 aliphatic heterocycles.